The lowest BCUT2D eigenvalue weighted by atomic mass is 9.99. The molecule has 4 rings (SSSR count). The topological polar surface area (TPSA) is 62.7 Å². The molecule has 10 heteroatoms. The molecule has 2 saturated heterocycles. The molecule has 31 heavy (non-hydrogen) atoms. The van der Waals surface area contributed by atoms with Crippen molar-refractivity contribution in [1.82, 2.24) is 14.2 Å². The van der Waals surface area contributed by atoms with Gasteiger partial charge in [-0.25, -0.2) is 13.4 Å². The van der Waals surface area contributed by atoms with Gasteiger partial charge in [0.2, 0.25) is 10.0 Å². The zero-order valence-electron chi connectivity index (χ0n) is 17.9. The smallest absolute Gasteiger partial charge is 0.381 e. The van der Waals surface area contributed by atoms with Gasteiger partial charge in [0.1, 0.15) is 10.6 Å². The van der Waals surface area contributed by atoms with E-state index in [1.54, 1.807) is 0 Å². The summed E-state index contributed by atoms with van der Waals surface area (Å²) < 4.78 is 71.7. The largest absolute Gasteiger partial charge is 0.433 e. The van der Waals surface area contributed by atoms with E-state index in [0.717, 1.165) is 57.6 Å². The fourth-order valence-electron chi connectivity index (χ4n) is 5.38. The third kappa shape index (κ3) is 4.77. The standard InChI is InChI=1S/C21H30F3N3O3S/c1-14-19(3-4-20(25-14)21(22,23)24)31(28,29)27-12-16-9-18(10-17(16)13-27)26(2)11-15-5-7-30-8-6-15/h3-4,15-18H,5-13H2,1-2H3. The molecule has 3 aliphatic rings. The molecule has 3 fully saturated rings. The zero-order chi connectivity index (χ0) is 22.4. The second-order valence-corrected chi connectivity index (χ2v) is 11.1. The van der Waals surface area contributed by atoms with Crippen molar-refractivity contribution in [3.05, 3.63) is 23.5 Å². The Bertz CT molecular complexity index is 889. The fourth-order valence-corrected chi connectivity index (χ4v) is 7.10. The monoisotopic (exact) mass is 461 g/mol. The van der Waals surface area contributed by atoms with Gasteiger partial charge in [-0.05, 0) is 69.5 Å². The lowest BCUT2D eigenvalue weighted by molar-refractivity contribution is -0.141. The molecule has 0 amide bonds. The van der Waals surface area contributed by atoms with Crippen LogP contribution in [0, 0.1) is 24.7 Å². The van der Waals surface area contributed by atoms with Crippen molar-refractivity contribution >= 4 is 10.0 Å². The maximum absolute atomic E-state index is 13.1. The van der Waals surface area contributed by atoms with E-state index in [1.807, 2.05) is 0 Å². The van der Waals surface area contributed by atoms with Crippen LogP contribution in [0.25, 0.3) is 0 Å². The molecular weight excluding hydrogens is 431 g/mol. The van der Waals surface area contributed by atoms with Gasteiger partial charge in [-0.2, -0.15) is 17.5 Å². The lowest BCUT2D eigenvalue weighted by Gasteiger charge is -2.31. The summed E-state index contributed by atoms with van der Waals surface area (Å²) in [6.45, 7) is 4.88. The van der Waals surface area contributed by atoms with Crippen LogP contribution < -0.4 is 0 Å². The second-order valence-electron chi connectivity index (χ2n) is 9.24. The van der Waals surface area contributed by atoms with Crippen LogP contribution in [0.1, 0.15) is 37.1 Å². The number of halogens is 3. The average molecular weight is 462 g/mol. The van der Waals surface area contributed by atoms with Gasteiger partial charge in [0.15, 0.2) is 0 Å². The summed E-state index contributed by atoms with van der Waals surface area (Å²) in [4.78, 5) is 5.80. The highest BCUT2D eigenvalue weighted by Crippen LogP contribution is 2.42. The Morgan fingerprint density at radius 3 is 2.32 bits per heavy atom. The molecule has 0 aromatic carbocycles. The highest BCUT2D eigenvalue weighted by atomic mass is 32.2. The van der Waals surface area contributed by atoms with E-state index in [9.17, 15) is 21.6 Å². The third-order valence-corrected chi connectivity index (χ3v) is 9.11. The Morgan fingerprint density at radius 1 is 1.16 bits per heavy atom. The van der Waals surface area contributed by atoms with Gasteiger partial charge in [-0.3, -0.25) is 0 Å². The maximum atomic E-state index is 13.1. The van der Waals surface area contributed by atoms with Crippen LogP contribution >= 0.6 is 0 Å². The van der Waals surface area contributed by atoms with Gasteiger partial charge >= 0.3 is 6.18 Å². The molecule has 0 N–H and O–H groups in total. The van der Waals surface area contributed by atoms with Crippen molar-refractivity contribution in [2.75, 3.05) is 39.9 Å². The van der Waals surface area contributed by atoms with E-state index in [2.05, 4.69) is 16.9 Å². The number of rotatable bonds is 5. The van der Waals surface area contributed by atoms with E-state index in [-0.39, 0.29) is 10.6 Å². The number of nitrogens with zero attached hydrogens (tertiary/aromatic N) is 3. The Kier molecular flexibility index (Phi) is 6.37. The van der Waals surface area contributed by atoms with Gasteiger partial charge in [-0.1, -0.05) is 0 Å². The molecule has 1 aromatic heterocycles. The molecule has 2 atom stereocenters. The first-order valence-corrected chi connectivity index (χ1v) is 12.3. The van der Waals surface area contributed by atoms with Crippen LogP contribution in [0.5, 0.6) is 0 Å². The van der Waals surface area contributed by atoms with Gasteiger partial charge < -0.3 is 9.64 Å². The minimum absolute atomic E-state index is 0.110. The molecule has 2 unspecified atom stereocenters. The summed E-state index contributed by atoms with van der Waals surface area (Å²) in [6.07, 6.45) is -0.488. The van der Waals surface area contributed by atoms with E-state index >= 15 is 0 Å². The zero-order valence-corrected chi connectivity index (χ0v) is 18.8. The number of sulfonamides is 1. The number of hydrogen-bond donors (Lipinski definition) is 0. The summed E-state index contributed by atoms with van der Waals surface area (Å²) in [5.74, 6) is 1.24. The molecule has 2 aliphatic heterocycles. The lowest BCUT2D eigenvalue weighted by Crippen LogP contribution is -2.37. The minimum atomic E-state index is -4.59. The molecule has 1 aliphatic carbocycles. The number of ether oxygens (including phenoxy) is 1. The maximum Gasteiger partial charge on any atom is 0.433 e. The van der Waals surface area contributed by atoms with Crippen molar-refractivity contribution in [2.45, 2.75) is 49.7 Å². The number of aryl methyl sites for hydroxylation is 1. The van der Waals surface area contributed by atoms with Gasteiger partial charge in [0, 0.05) is 38.9 Å². The van der Waals surface area contributed by atoms with E-state index in [1.165, 1.54) is 11.2 Å². The van der Waals surface area contributed by atoms with Crippen LogP contribution in [0.4, 0.5) is 13.2 Å². The van der Waals surface area contributed by atoms with Gasteiger partial charge in [0.25, 0.3) is 0 Å². The second kappa shape index (κ2) is 8.61. The summed E-state index contributed by atoms with van der Waals surface area (Å²) in [6, 6.07) is 2.24. The van der Waals surface area contributed by atoms with Crippen LogP contribution in [0.2, 0.25) is 0 Å². The van der Waals surface area contributed by atoms with Crippen molar-refractivity contribution < 1.29 is 26.3 Å². The first kappa shape index (κ1) is 22.9. The Balaban J connectivity index is 1.39. The Labute approximate surface area is 181 Å². The molecule has 1 aromatic rings. The molecule has 0 bridgehead atoms. The quantitative estimate of drug-likeness (QED) is 0.674. The first-order valence-electron chi connectivity index (χ1n) is 10.9. The molecule has 3 heterocycles. The van der Waals surface area contributed by atoms with Crippen molar-refractivity contribution in [2.24, 2.45) is 17.8 Å². The van der Waals surface area contributed by atoms with E-state index in [4.69, 9.17) is 4.74 Å². The molecule has 0 spiro atoms. The van der Waals surface area contributed by atoms with Crippen LogP contribution in [-0.2, 0) is 20.9 Å². The Hall–Kier alpha value is -1.23. The number of fused-ring (bicyclic) bond motifs is 1. The molecule has 174 valence electrons. The first-order chi connectivity index (χ1) is 14.6. The fraction of sp³-hybridized carbons (Fsp3) is 0.762. The van der Waals surface area contributed by atoms with Crippen molar-refractivity contribution in [3.8, 4) is 0 Å². The highest BCUT2D eigenvalue weighted by molar-refractivity contribution is 7.89. The predicted octanol–water partition coefficient (Wildman–Crippen LogP) is 3.17. The molecule has 1 saturated carbocycles. The molecular formula is C21H30F3N3O3S. The third-order valence-electron chi connectivity index (χ3n) is 7.15. The summed E-state index contributed by atoms with van der Waals surface area (Å²) >= 11 is 0. The predicted molar refractivity (Wildman–Crippen MR) is 109 cm³/mol. The number of alkyl halides is 3. The summed E-state index contributed by atoms with van der Waals surface area (Å²) in [7, 11) is -1.70. The highest BCUT2D eigenvalue weighted by Gasteiger charge is 2.46. The summed E-state index contributed by atoms with van der Waals surface area (Å²) in [5, 5.41) is 0. The van der Waals surface area contributed by atoms with E-state index in [0.29, 0.717) is 36.9 Å². The van der Waals surface area contributed by atoms with Gasteiger partial charge in [0.05, 0.1) is 5.69 Å². The Morgan fingerprint density at radius 2 is 1.77 bits per heavy atom. The van der Waals surface area contributed by atoms with Crippen molar-refractivity contribution in [3.63, 3.8) is 0 Å². The number of hydrogen-bond acceptors (Lipinski definition) is 5. The normalized spacial score (nSPS) is 28.4. The van der Waals surface area contributed by atoms with Gasteiger partial charge in [-0.15, -0.1) is 0 Å². The van der Waals surface area contributed by atoms with Crippen LogP contribution in [-0.4, -0.2) is 68.5 Å². The molecule has 0 radical (unpaired) electrons. The van der Waals surface area contributed by atoms with Crippen LogP contribution in [0.15, 0.2) is 17.0 Å². The number of pyridine rings is 1. The number of aromatic nitrogens is 1. The summed E-state index contributed by atoms with van der Waals surface area (Å²) in [5.41, 5.74) is -1.18. The average Bonchev–Trinajstić information content (AvgIpc) is 3.27. The van der Waals surface area contributed by atoms with Crippen molar-refractivity contribution in [1.29, 1.82) is 0 Å². The van der Waals surface area contributed by atoms with Crippen LogP contribution in [0.3, 0.4) is 0 Å². The minimum Gasteiger partial charge on any atom is -0.381 e. The van der Waals surface area contributed by atoms with E-state index < -0.39 is 21.9 Å². The molecule has 6 nitrogen and oxygen atoms in total. The SMILES string of the molecule is Cc1nc(C(F)(F)F)ccc1S(=O)(=O)N1CC2CC(N(C)CC3CCOCC3)CC2C1.